The molecule has 191 valence electrons. The van der Waals surface area contributed by atoms with Gasteiger partial charge in [0.05, 0.1) is 11.3 Å². The van der Waals surface area contributed by atoms with Crippen molar-refractivity contribution in [1.29, 1.82) is 0 Å². The summed E-state index contributed by atoms with van der Waals surface area (Å²) in [6.45, 7) is 19.8. The maximum Gasteiger partial charge on any atom is 0.164 e. The molecule has 0 atom stereocenters. The van der Waals surface area contributed by atoms with Gasteiger partial charge in [0, 0.05) is 48.6 Å². The molecule has 5 heteroatoms. The van der Waals surface area contributed by atoms with E-state index in [1.807, 2.05) is 72.0 Å². The van der Waals surface area contributed by atoms with E-state index in [1.165, 1.54) is 11.6 Å². The van der Waals surface area contributed by atoms with Crippen LogP contribution in [0.15, 0.2) is 54.4 Å². The fourth-order valence-electron chi connectivity index (χ4n) is 2.93. The number of aromatic nitrogens is 2. The molecule has 2 aromatic carbocycles. The number of allylic oxidation sites excluding steroid dienone is 2. The molecule has 0 bridgehead atoms. The number of carbonyl (C=O) groups excluding carboxylic acids is 1. The Morgan fingerprint density at radius 2 is 1.54 bits per heavy atom. The van der Waals surface area contributed by atoms with Crippen LogP contribution in [-0.4, -0.2) is 20.9 Å². The van der Waals surface area contributed by atoms with Crippen molar-refractivity contribution in [2.24, 2.45) is 10.8 Å². The number of rotatable bonds is 2. The number of carbonyl (C=O) groups is 1. The molecule has 1 N–H and O–H groups in total. The Balaban J connectivity index is 0.000000383. The second kappa shape index (κ2) is 11.6. The molecule has 1 aromatic heterocycles. The van der Waals surface area contributed by atoms with Crippen molar-refractivity contribution in [3.63, 3.8) is 0 Å². The van der Waals surface area contributed by atoms with E-state index in [2.05, 4.69) is 55.9 Å². The van der Waals surface area contributed by atoms with Crippen LogP contribution in [0.4, 0.5) is 0 Å². The molecule has 4 nitrogen and oxygen atoms in total. The third-order valence-corrected chi connectivity index (χ3v) is 5.38. The molecule has 0 unspecified atom stereocenters. The number of hydrogen-bond acceptors (Lipinski definition) is 4. The standard InChI is InChI=1S/C19H19N2.C11H20O2.Ir/c1-13-9-15(11-16(10-13)19(2,3)4)18-20-12-14-7-5-6-8-17(14)21-18;1-10(2,3)8(12)7-9(13)11(4,5)6;/h5-8,10-12H,1-4H3;7,12H,1-6H3;/q-1;;/b;8-7-;. The quantitative estimate of drug-likeness (QED) is 0.175. The third-order valence-electron chi connectivity index (χ3n) is 5.38. The monoisotopic (exact) mass is 652 g/mol. The number of aliphatic hydroxyl groups is 1. The minimum Gasteiger partial charge on any atom is -0.512 e. The number of ketones is 1. The van der Waals surface area contributed by atoms with E-state index in [9.17, 15) is 9.90 Å². The second-order valence-corrected chi connectivity index (χ2v) is 11.9. The average molecular weight is 652 g/mol. The molecule has 0 aliphatic rings. The van der Waals surface area contributed by atoms with Gasteiger partial charge in [-0.3, -0.25) is 14.8 Å². The van der Waals surface area contributed by atoms with Crippen molar-refractivity contribution in [3.05, 3.63) is 71.6 Å². The number of fused-ring (bicyclic) bond motifs is 1. The van der Waals surface area contributed by atoms with Gasteiger partial charge < -0.3 is 5.11 Å². The summed E-state index contributed by atoms with van der Waals surface area (Å²) in [7, 11) is 0. The molecule has 3 rings (SSSR count). The van der Waals surface area contributed by atoms with Crippen molar-refractivity contribution in [2.75, 3.05) is 0 Å². The second-order valence-electron chi connectivity index (χ2n) is 11.9. The molecule has 35 heavy (non-hydrogen) atoms. The predicted molar refractivity (Wildman–Crippen MR) is 142 cm³/mol. The van der Waals surface area contributed by atoms with Gasteiger partial charge in [0.15, 0.2) is 5.78 Å². The summed E-state index contributed by atoms with van der Waals surface area (Å²) >= 11 is 0. The molecule has 3 aromatic rings. The van der Waals surface area contributed by atoms with E-state index in [-0.39, 0.29) is 42.5 Å². The van der Waals surface area contributed by atoms with E-state index < -0.39 is 5.41 Å². The first-order valence-electron chi connectivity index (χ1n) is 11.7. The van der Waals surface area contributed by atoms with Crippen LogP contribution < -0.4 is 0 Å². The summed E-state index contributed by atoms with van der Waals surface area (Å²) in [4.78, 5) is 20.7. The predicted octanol–water partition coefficient (Wildman–Crippen LogP) is 7.79. The zero-order valence-electron chi connectivity index (χ0n) is 22.7. The van der Waals surface area contributed by atoms with Crippen LogP contribution in [0.1, 0.15) is 73.4 Å². The van der Waals surface area contributed by atoms with Crippen LogP contribution in [0.5, 0.6) is 0 Å². The molecule has 0 fully saturated rings. The van der Waals surface area contributed by atoms with Crippen LogP contribution in [0.2, 0.25) is 0 Å². The third kappa shape index (κ3) is 8.98. The fourth-order valence-corrected chi connectivity index (χ4v) is 2.93. The molecule has 0 aliphatic carbocycles. The summed E-state index contributed by atoms with van der Waals surface area (Å²) in [6.07, 6.45) is 3.21. The SMILES string of the molecule is CC(C)(C)C(=O)/C=C(\O)C(C)(C)C.Cc1[c-]c(-c2ncc3ccccc3n2)cc(C(C)(C)C)c1.[Ir]. The smallest absolute Gasteiger partial charge is 0.164 e. The molecular weight excluding hydrogens is 613 g/mol. The number of aryl methyl sites for hydroxylation is 1. The van der Waals surface area contributed by atoms with Crippen LogP contribution in [0, 0.1) is 23.8 Å². The first-order valence-corrected chi connectivity index (χ1v) is 11.7. The summed E-state index contributed by atoms with van der Waals surface area (Å²) in [5, 5.41) is 10.6. The van der Waals surface area contributed by atoms with Gasteiger partial charge >= 0.3 is 0 Å². The number of nitrogens with zero attached hydrogens (tertiary/aromatic N) is 2. The van der Waals surface area contributed by atoms with E-state index in [0.717, 1.165) is 27.9 Å². The first kappa shape index (κ1) is 30.7. The van der Waals surface area contributed by atoms with Gasteiger partial charge in [-0.1, -0.05) is 87.4 Å². The minimum atomic E-state index is -0.417. The van der Waals surface area contributed by atoms with Crippen molar-refractivity contribution < 1.29 is 30.0 Å². The topological polar surface area (TPSA) is 63.1 Å². The van der Waals surface area contributed by atoms with Crippen molar-refractivity contribution in [2.45, 2.75) is 74.7 Å². The Morgan fingerprint density at radius 1 is 0.943 bits per heavy atom. The van der Waals surface area contributed by atoms with Gasteiger partial charge in [0.25, 0.3) is 0 Å². The molecule has 1 radical (unpaired) electrons. The molecule has 0 saturated heterocycles. The molecule has 0 amide bonds. The summed E-state index contributed by atoms with van der Waals surface area (Å²) < 4.78 is 0. The van der Waals surface area contributed by atoms with Crippen molar-refractivity contribution in [1.82, 2.24) is 9.97 Å². The summed E-state index contributed by atoms with van der Waals surface area (Å²) in [6, 6.07) is 15.8. The van der Waals surface area contributed by atoms with Gasteiger partial charge in [-0.05, 0) is 11.5 Å². The van der Waals surface area contributed by atoms with Gasteiger partial charge in [-0.15, -0.1) is 34.9 Å². The van der Waals surface area contributed by atoms with E-state index in [0.29, 0.717) is 0 Å². The largest absolute Gasteiger partial charge is 0.512 e. The van der Waals surface area contributed by atoms with Gasteiger partial charge in [0.2, 0.25) is 0 Å². The zero-order chi connectivity index (χ0) is 25.9. The van der Waals surface area contributed by atoms with Crippen LogP contribution >= 0.6 is 0 Å². The number of benzene rings is 2. The van der Waals surface area contributed by atoms with Crippen LogP contribution in [0.25, 0.3) is 22.3 Å². The maximum absolute atomic E-state index is 11.5. The molecule has 1 heterocycles. The van der Waals surface area contributed by atoms with Gasteiger partial charge in [-0.25, -0.2) is 0 Å². The molecule has 0 aliphatic heterocycles. The Hall–Kier alpha value is -2.36. The van der Waals surface area contributed by atoms with Crippen molar-refractivity contribution in [3.8, 4) is 11.4 Å². The Bertz CT molecular complexity index is 1190. The fraction of sp³-hybridized carbons (Fsp3) is 0.433. The van der Waals surface area contributed by atoms with Crippen LogP contribution in [-0.2, 0) is 30.3 Å². The molecule has 0 spiro atoms. The Morgan fingerprint density at radius 3 is 2.09 bits per heavy atom. The summed E-state index contributed by atoms with van der Waals surface area (Å²) in [5.74, 6) is 0.843. The Kier molecular flexibility index (Phi) is 10.1. The van der Waals surface area contributed by atoms with Gasteiger partial charge in [-0.2, -0.15) is 0 Å². The summed E-state index contributed by atoms with van der Waals surface area (Å²) in [5.41, 5.74) is 3.67. The zero-order valence-corrected chi connectivity index (χ0v) is 25.1. The minimum absolute atomic E-state index is 0. The normalized spacial score (nSPS) is 12.5. The first-order chi connectivity index (χ1) is 15.5. The maximum atomic E-state index is 11.5. The van der Waals surface area contributed by atoms with Crippen molar-refractivity contribution >= 4 is 16.7 Å². The van der Waals surface area contributed by atoms with Crippen LogP contribution in [0.3, 0.4) is 0 Å². The van der Waals surface area contributed by atoms with E-state index in [4.69, 9.17) is 0 Å². The molecule has 0 saturated carbocycles. The number of para-hydroxylation sites is 1. The van der Waals surface area contributed by atoms with E-state index in [1.54, 1.807) is 0 Å². The van der Waals surface area contributed by atoms with Gasteiger partial charge in [0.1, 0.15) is 5.76 Å². The average Bonchev–Trinajstić information content (AvgIpc) is 2.71. The van der Waals surface area contributed by atoms with E-state index >= 15 is 0 Å². The number of aliphatic hydroxyl groups excluding tert-OH is 1. The number of hydrogen-bond donors (Lipinski definition) is 1. The Labute approximate surface area is 224 Å². The molecular formula is C30H39IrN2O2-.